The number of phenolic OH excluding ortho intramolecular Hbond substituents is 4. The number of hydrogen-bond donors (Lipinski definition) is 4. The Labute approximate surface area is 299 Å². The molecule has 0 radical (unpaired) electrons. The molecule has 6 atom stereocenters. The van der Waals surface area contributed by atoms with Gasteiger partial charge in [0.15, 0.2) is 0 Å². The summed E-state index contributed by atoms with van der Waals surface area (Å²) in [5.74, 6) is -7.27. The van der Waals surface area contributed by atoms with E-state index in [1.807, 2.05) is 0 Å². The number of aromatic hydroxyl groups is 4. The first-order chi connectivity index (χ1) is 24.3. The Morgan fingerprint density at radius 1 is 0.404 bits per heavy atom. The van der Waals surface area contributed by atoms with E-state index in [4.69, 9.17) is 28.4 Å². The molecule has 1 aliphatic heterocycles. The van der Waals surface area contributed by atoms with E-state index in [2.05, 4.69) is 0 Å². The Morgan fingerprint density at radius 2 is 0.654 bits per heavy atom. The molecule has 0 fully saturated rings. The molecule has 16 heteroatoms. The number of phenols is 4. The molecule has 0 amide bonds. The number of carbonyl (C=O) groups is 6. The van der Waals surface area contributed by atoms with E-state index in [-0.39, 0.29) is 53.7 Å². The monoisotopic (exact) mass is 732 g/mol. The lowest BCUT2D eigenvalue weighted by Gasteiger charge is -2.21. The highest BCUT2D eigenvalue weighted by molar-refractivity contribution is 5.95. The second-order valence-corrected chi connectivity index (χ2v) is 12.9. The quantitative estimate of drug-likeness (QED) is 0.223. The first kappa shape index (κ1) is 40.9. The fourth-order valence-corrected chi connectivity index (χ4v) is 5.51. The van der Waals surface area contributed by atoms with Crippen LogP contribution >= 0.6 is 0 Å². The first-order valence-corrected chi connectivity index (χ1v) is 16.6. The minimum Gasteiger partial charge on any atom is -0.508 e. The number of ether oxygens (including phenoxy) is 6. The molecule has 0 aromatic heterocycles. The molecule has 3 rings (SSSR count). The van der Waals surface area contributed by atoms with Crippen molar-refractivity contribution < 1.29 is 77.6 Å². The predicted octanol–water partition coefficient (Wildman–Crippen LogP) is 3.69. The van der Waals surface area contributed by atoms with Crippen LogP contribution in [0.15, 0.2) is 24.3 Å². The van der Waals surface area contributed by atoms with Crippen molar-refractivity contribution in [1.82, 2.24) is 0 Å². The van der Waals surface area contributed by atoms with Gasteiger partial charge in [-0.15, -0.1) is 0 Å². The van der Waals surface area contributed by atoms with Gasteiger partial charge in [0.05, 0.1) is 25.7 Å². The third-order valence-electron chi connectivity index (χ3n) is 7.55. The van der Waals surface area contributed by atoms with Crippen molar-refractivity contribution in [2.24, 2.45) is 0 Å². The first-order valence-electron chi connectivity index (χ1n) is 16.6. The molecule has 1 aliphatic rings. The molecule has 1 heterocycles. The van der Waals surface area contributed by atoms with Crippen molar-refractivity contribution in [3.63, 3.8) is 0 Å². The van der Waals surface area contributed by atoms with Gasteiger partial charge in [-0.2, -0.15) is 0 Å². The van der Waals surface area contributed by atoms with E-state index in [1.54, 1.807) is 0 Å². The Balaban J connectivity index is 1.87. The van der Waals surface area contributed by atoms with Crippen molar-refractivity contribution in [2.75, 3.05) is 0 Å². The molecule has 0 bridgehead atoms. The summed E-state index contributed by atoms with van der Waals surface area (Å²) in [6.07, 6.45) is -7.74. The molecule has 0 aliphatic carbocycles. The van der Waals surface area contributed by atoms with Crippen LogP contribution in [0, 0.1) is 0 Å². The molecule has 52 heavy (non-hydrogen) atoms. The van der Waals surface area contributed by atoms with Crippen molar-refractivity contribution in [1.29, 1.82) is 0 Å². The molecular weight excluding hydrogens is 688 g/mol. The lowest BCUT2D eigenvalue weighted by molar-refractivity contribution is -0.160. The van der Waals surface area contributed by atoms with Crippen LogP contribution in [0.2, 0.25) is 0 Å². The maximum Gasteiger partial charge on any atom is 0.342 e. The Hall–Kier alpha value is -5.54. The zero-order chi connectivity index (χ0) is 38.9. The summed E-state index contributed by atoms with van der Waals surface area (Å²) in [4.78, 5) is 76.7. The summed E-state index contributed by atoms with van der Waals surface area (Å²) < 4.78 is 32.1. The fourth-order valence-electron chi connectivity index (χ4n) is 5.51. The van der Waals surface area contributed by atoms with Crippen LogP contribution in [-0.4, -0.2) is 92.9 Å². The Morgan fingerprint density at radius 3 is 0.942 bits per heavy atom. The van der Waals surface area contributed by atoms with Crippen molar-refractivity contribution >= 4 is 35.8 Å². The molecule has 0 saturated carbocycles. The number of carbonyl (C=O) groups excluding carboxylic acids is 6. The number of rotatable bonds is 0. The van der Waals surface area contributed by atoms with Gasteiger partial charge in [-0.05, 0) is 64.8 Å². The molecule has 16 nitrogen and oxygen atoms in total. The number of benzene rings is 2. The standard InChI is InChI=1S/C36H44O16/c1-17-7-23-13-25(37)15-27(39)33(23)35(45)51-21(5)11-31(43)48-18(2)8-24-14-26(38)16-28(40)34(24)36(46)52-22(6)12-32(44)50-20(4)10-30(42)49-19(3)9-29(41)47-17/h13-22,37-40H,7-12H2,1-6H3. The topological polar surface area (TPSA) is 239 Å². The normalized spacial score (nSPS) is 25.3. The summed E-state index contributed by atoms with van der Waals surface area (Å²) >= 11 is 0. The van der Waals surface area contributed by atoms with Gasteiger partial charge in [0.2, 0.25) is 0 Å². The summed E-state index contributed by atoms with van der Waals surface area (Å²) in [7, 11) is 0. The zero-order valence-corrected chi connectivity index (χ0v) is 29.7. The predicted molar refractivity (Wildman–Crippen MR) is 177 cm³/mol. The molecule has 2 aromatic rings. The number of cyclic esters (lactones) is 6. The van der Waals surface area contributed by atoms with Gasteiger partial charge in [-0.1, -0.05) is 0 Å². The van der Waals surface area contributed by atoms with Crippen LogP contribution in [0.4, 0.5) is 0 Å². The van der Waals surface area contributed by atoms with Gasteiger partial charge in [-0.25, -0.2) is 9.59 Å². The van der Waals surface area contributed by atoms with Gasteiger partial charge in [0.1, 0.15) is 70.7 Å². The second-order valence-electron chi connectivity index (χ2n) is 12.9. The largest absolute Gasteiger partial charge is 0.508 e. The molecule has 0 saturated heterocycles. The van der Waals surface area contributed by atoms with Crippen LogP contribution in [0.25, 0.3) is 0 Å². The summed E-state index contributed by atoms with van der Waals surface area (Å²) in [5.41, 5.74) is -0.552. The number of esters is 6. The highest BCUT2D eigenvalue weighted by Crippen LogP contribution is 2.31. The third kappa shape index (κ3) is 12.3. The van der Waals surface area contributed by atoms with E-state index in [0.29, 0.717) is 0 Å². The average molecular weight is 733 g/mol. The summed E-state index contributed by atoms with van der Waals surface area (Å²) in [6.45, 7) is 8.67. The Kier molecular flexibility index (Phi) is 14.2. The van der Waals surface area contributed by atoms with Crippen LogP contribution in [0.1, 0.15) is 99.1 Å². The van der Waals surface area contributed by atoms with E-state index in [9.17, 15) is 49.2 Å². The van der Waals surface area contributed by atoms with Gasteiger partial charge in [-0.3, -0.25) is 19.2 Å². The van der Waals surface area contributed by atoms with E-state index in [1.165, 1.54) is 53.7 Å². The number of hydrogen-bond acceptors (Lipinski definition) is 16. The van der Waals surface area contributed by atoms with Crippen LogP contribution in [-0.2, 0) is 60.4 Å². The fraction of sp³-hybridized carbons (Fsp3) is 0.500. The minimum atomic E-state index is -1.08. The molecule has 284 valence electrons. The smallest absolute Gasteiger partial charge is 0.342 e. The Bertz CT molecular complexity index is 1670. The van der Waals surface area contributed by atoms with Crippen molar-refractivity contribution in [3.8, 4) is 23.0 Å². The van der Waals surface area contributed by atoms with Gasteiger partial charge in [0.25, 0.3) is 0 Å². The highest BCUT2D eigenvalue weighted by Gasteiger charge is 2.28. The highest BCUT2D eigenvalue weighted by atomic mass is 16.6. The van der Waals surface area contributed by atoms with Crippen LogP contribution < -0.4 is 0 Å². The maximum absolute atomic E-state index is 13.2. The molecule has 0 spiro atoms. The average Bonchev–Trinajstić information content (AvgIpc) is 2.94. The lowest BCUT2D eigenvalue weighted by atomic mass is 10.00. The van der Waals surface area contributed by atoms with Crippen LogP contribution in [0.3, 0.4) is 0 Å². The third-order valence-corrected chi connectivity index (χ3v) is 7.55. The van der Waals surface area contributed by atoms with Gasteiger partial charge < -0.3 is 48.8 Å². The summed E-state index contributed by atoms with van der Waals surface area (Å²) in [6, 6.07) is 4.19. The zero-order valence-electron chi connectivity index (χ0n) is 29.7. The second kappa shape index (κ2) is 18.1. The van der Waals surface area contributed by atoms with Crippen molar-refractivity contribution in [3.05, 3.63) is 46.5 Å². The van der Waals surface area contributed by atoms with E-state index >= 15 is 0 Å². The van der Waals surface area contributed by atoms with Gasteiger partial charge in [0, 0.05) is 25.0 Å². The van der Waals surface area contributed by atoms with Crippen LogP contribution in [0.5, 0.6) is 23.0 Å². The molecule has 4 N–H and O–H groups in total. The van der Waals surface area contributed by atoms with E-state index in [0.717, 1.165) is 12.1 Å². The maximum atomic E-state index is 13.2. The number of fused-ring (bicyclic) bond motifs is 2. The van der Waals surface area contributed by atoms with E-state index < -0.39 is 103 Å². The molecule has 2 aromatic carbocycles. The SMILES string of the molecule is CC1CC(=O)OC(C)Cc2cc(O)cc(O)c2C(=O)OC(C)CC(=O)OC(C)Cc2cc(O)cc(O)c2C(=O)OC(C)CC(=O)OC(C)CC(=O)O1. The van der Waals surface area contributed by atoms with Gasteiger partial charge >= 0.3 is 35.8 Å². The van der Waals surface area contributed by atoms with Crippen molar-refractivity contribution in [2.45, 2.75) is 117 Å². The molecule has 6 unspecified atom stereocenters. The lowest BCUT2D eigenvalue weighted by Crippen LogP contribution is -2.27. The minimum absolute atomic E-state index is 0.0572. The molecular formula is C36H44O16. The summed E-state index contributed by atoms with van der Waals surface area (Å²) in [5, 5.41) is 41.3.